The van der Waals surface area contributed by atoms with E-state index in [1.807, 2.05) is 6.92 Å². The molecule has 184 valence electrons. The van der Waals surface area contributed by atoms with Crippen molar-refractivity contribution in [1.29, 1.82) is 5.26 Å². The minimum absolute atomic E-state index is 0.372. The van der Waals surface area contributed by atoms with E-state index in [0.29, 0.717) is 42.5 Å². The quantitative estimate of drug-likeness (QED) is 0.443. The van der Waals surface area contributed by atoms with Crippen LogP contribution in [0.5, 0.6) is 0 Å². The highest BCUT2D eigenvalue weighted by molar-refractivity contribution is 6.30. The maximum atomic E-state index is 14.2. The number of carbonyl (C=O) groups excluding carboxylic acids is 2. The molecule has 3 atom stereocenters. The Hall–Kier alpha value is -3.05. The molecule has 2 aliphatic carbocycles. The van der Waals surface area contributed by atoms with Crippen molar-refractivity contribution in [2.24, 2.45) is 5.92 Å². The van der Waals surface area contributed by atoms with Gasteiger partial charge in [-0.1, -0.05) is 32.0 Å². The normalized spacial score (nSPS) is 23.9. The van der Waals surface area contributed by atoms with Gasteiger partial charge in [0.1, 0.15) is 11.4 Å². The van der Waals surface area contributed by atoms with Crippen molar-refractivity contribution in [3.8, 4) is 6.07 Å². The lowest BCUT2D eigenvalue weighted by atomic mass is 10.0. The number of aryl methyl sites for hydroxylation is 1. The SMILES string of the molecule is CCc1ccc(NC(=O)C2C(c3ccc(C(F)F)c(F)c3)C2(Cl)CC)cc1C(=O)NC1(C#N)CC1. The topological polar surface area (TPSA) is 82.0 Å². The largest absolute Gasteiger partial charge is 0.334 e. The monoisotopic (exact) mass is 503 g/mol. The number of rotatable bonds is 8. The number of anilines is 1. The summed E-state index contributed by atoms with van der Waals surface area (Å²) in [4.78, 5) is 25.0. The minimum atomic E-state index is -2.94. The fraction of sp³-hybridized carbons (Fsp3) is 0.423. The number of hydrogen-bond acceptors (Lipinski definition) is 3. The van der Waals surface area contributed by atoms with Gasteiger partial charge in [-0.25, -0.2) is 13.2 Å². The molecule has 0 bridgehead atoms. The van der Waals surface area contributed by atoms with Crippen LogP contribution in [0, 0.1) is 23.1 Å². The minimum Gasteiger partial charge on any atom is -0.334 e. The molecular weight excluding hydrogens is 479 g/mol. The predicted molar refractivity (Wildman–Crippen MR) is 126 cm³/mol. The van der Waals surface area contributed by atoms with Crippen molar-refractivity contribution in [2.75, 3.05) is 5.32 Å². The first-order valence-corrected chi connectivity index (χ1v) is 11.9. The van der Waals surface area contributed by atoms with E-state index < -0.39 is 46.0 Å². The number of carbonyl (C=O) groups is 2. The maximum absolute atomic E-state index is 14.2. The first-order valence-electron chi connectivity index (χ1n) is 11.5. The summed E-state index contributed by atoms with van der Waals surface area (Å²) >= 11 is 6.71. The second-order valence-electron chi connectivity index (χ2n) is 9.18. The highest BCUT2D eigenvalue weighted by Gasteiger charge is 2.66. The zero-order chi connectivity index (χ0) is 25.5. The number of nitrogens with one attached hydrogen (secondary N) is 2. The Balaban J connectivity index is 1.54. The molecule has 0 aromatic heterocycles. The molecule has 5 nitrogen and oxygen atoms in total. The third-order valence-corrected chi connectivity index (χ3v) is 7.76. The van der Waals surface area contributed by atoms with E-state index in [4.69, 9.17) is 11.6 Å². The van der Waals surface area contributed by atoms with Crippen LogP contribution in [0.25, 0.3) is 0 Å². The summed E-state index contributed by atoms with van der Waals surface area (Å²) in [7, 11) is 0. The summed E-state index contributed by atoms with van der Waals surface area (Å²) in [6.45, 7) is 3.70. The molecule has 35 heavy (non-hydrogen) atoms. The molecule has 0 spiro atoms. The van der Waals surface area contributed by atoms with Gasteiger partial charge in [0.15, 0.2) is 0 Å². The van der Waals surface area contributed by atoms with Crippen molar-refractivity contribution in [1.82, 2.24) is 5.32 Å². The molecule has 0 aliphatic heterocycles. The summed E-state index contributed by atoms with van der Waals surface area (Å²) in [5.74, 6) is -3.07. The highest BCUT2D eigenvalue weighted by atomic mass is 35.5. The Kier molecular flexibility index (Phi) is 6.58. The van der Waals surface area contributed by atoms with Crippen LogP contribution in [-0.2, 0) is 11.2 Å². The van der Waals surface area contributed by atoms with Crippen LogP contribution in [0.1, 0.15) is 72.5 Å². The summed E-state index contributed by atoms with van der Waals surface area (Å²) < 4.78 is 40.0. The van der Waals surface area contributed by atoms with E-state index in [-0.39, 0.29) is 5.91 Å². The molecule has 3 unspecified atom stereocenters. The van der Waals surface area contributed by atoms with Crippen LogP contribution in [0.4, 0.5) is 18.9 Å². The first-order chi connectivity index (χ1) is 16.6. The Morgan fingerprint density at radius 1 is 1.20 bits per heavy atom. The fourth-order valence-electron chi connectivity index (χ4n) is 4.67. The third kappa shape index (κ3) is 4.62. The van der Waals surface area contributed by atoms with E-state index in [1.54, 1.807) is 25.1 Å². The Bertz CT molecular complexity index is 1220. The van der Waals surface area contributed by atoms with Gasteiger partial charge in [0.25, 0.3) is 12.3 Å². The van der Waals surface area contributed by atoms with Gasteiger partial charge in [0.05, 0.1) is 22.4 Å². The van der Waals surface area contributed by atoms with Gasteiger partial charge in [-0.05, 0) is 55.0 Å². The van der Waals surface area contributed by atoms with Gasteiger partial charge in [0, 0.05) is 17.2 Å². The van der Waals surface area contributed by atoms with Gasteiger partial charge in [0.2, 0.25) is 5.91 Å². The number of benzene rings is 2. The lowest BCUT2D eigenvalue weighted by molar-refractivity contribution is -0.117. The number of alkyl halides is 3. The standard InChI is InChI=1S/C26H25ClF3N3O2/c1-3-14-5-7-16(12-18(14)23(34)33-25(13-31)9-10-25)32-24(35)21-20(26(21,27)4-2)15-6-8-17(22(29)30)19(28)11-15/h5-8,11-12,20-22H,3-4,9-10H2,1-2H3,(H,32,35)(H,33,34). The molecule has 2 saturated carbocycles. The number of hydrogen-bond donors (Lipinski definition) is 2. The van der Waals surface area contributed by atoms with E-state index in [9.17, 15) is 28.0 Å². The molecule has 9 heteroatoms. The molecule has 2 N–H and O–H groups in total. The smallest absolute Gasteiger partial charge is 0.266 e. The van der Waals surface area contributed by atoms with Crippen LogP contribution in [-0.4, -0.2) is 22.2 Å². The lowest BCUT2D eigenvalue weighted by Gasteiger charge is -2.14. The number of nitriles is 1. The first kappa shape index (κ1) is 25.1. The van der Waals surface area contributed by atoms with Crippen molar-refractivity contribution in [2.45, 2.75) is 62.3 Å². The third-order valence-electron chi connectivity index (χ3n) is 7.02. The second kappa shape index (κ2) is 9.19. The summed E-state index contributed by atoms with van der Waals surface area (Å²) in [6.07, 6.45) is -0.737. The van der Waals surface area contributed by atoms with E-state index in [1.165, 1.54) is 6.07 Å². The molecule has 2 amide bonds. The van der Waals surface area contributed by atoms with Crippen LogP contribution in [0.3, 0.4) is 0 Å². The van der Waals surface area contributed by atoms with Crippen molar-refractivity contribution >= 4 is 29.1 Å². The Morgan fingerprint density at radius 3 is 2.46 bits per heavy atom. The lowest BCUT2D eigenvalue weighted by Crippen LogP contribution is -2.36. The fourth-order valence-corrected chi connectivity index (χ4v) is 5.08. The maximum Gasteiger partial charge on any atom is 0.266 e. The molecule has 0 heterocycles. The molecule has 2 aromatic rings. The van der Waals surface area contributed by atoms with Gasteiger partial charge >= 0.3 is 0 Å². The van der Waals surface area contributed by atoms with Crippen LogP contribution >= 0.6 is 11.6 Å². The van der Waals surface area contributed by atoms with Gasteiger partial charge < -0.3 is 10.6 Å². The van der Waals surface area contributed by atoms with Crippen LogP contribution < -0.4 is 10.6 Å². The number of nitrogens with zero attached hydrogens (tertiary/aromatic N) is 1. The molecule has 4 rings (SSSR count). The zero-order valence-corrected chi connectivity index (χ0v) is 20.1. The van der Waals surface area contributed by atoms with Gasteiger partial charge in [-0.3, -0.25) is 9.59 Å². The molecule has 0 saturated heterocycles. The average molecular weight is 504 g/mol. The summed E-state index contributed by atoms with van der Waals surface area (Å²) in [6, 6.07) is 10.5. The second-order valence-corrected chi connectivity index (χ2v) is 9.88. The van der Waals surface area contributed by atoms with E-state index in [2.05, 4.69) is 16.7 Å². The Labute approximate surface area is 206 Å². The van der Waals surface area contributed by atoms with E-state index >= 15 is 0 Å². The van der Waals surface area contributed by atoms with Gasteiger partial charge in [-0.2, -0.15) is 5.26 Å². The van der Waals surface area contributed by atoms with Crippen molar-refractivity contribution in [3.05, 3.63) is 64.5 Å². The molecule has 0 radical (unpaired) electrons. The van der Waals surface area contributed by atoms with Crippen LogP contribution in [0.15, 0.2) is 36.4 Å². The van der Waals surface area contributed by atoms with Gasteiger partial charge in [-0.15, -0.1) is 11.6 Å². The predicted octanol–water partition coefficient (Wildman–Crippen LogP) is 5.85. The van der Waals surface area contributed by atoms with Crippen molar-refractivity contribution in [3.63, 3.8) is 0 Å². The van der Waals surface area contributed by atoms with E-state index in [0.717, 1.165) is 17.7 Å². The number of amides is 2. The molecular formula is C26H25ClF3N3O2. The van der Waals surface area contributed by atoms with Crippen molar-refractivity contribution < 1.29 is 22.8 Å². The molecule has 2 fully saturated rings. The summed E-state index contributed by atoms with van der Waals surface area (Å²) in [5.41, 5.74) is 0.399. The number of halogens is 4. The highest BCUT2D eigenvalue weighted by Crippen LogP contribution is 2.64. The zero-order valence-electron chi connectivity index (χ0n) is 19.3. The molecule has 2 aliphatic rings. The van der Waals surface area contributed by atoms with Crippen LogP contribution in [0.2, 0.25) is 0 Å². The summed E-state index contributed by atoms with van der Waals surface area (Å²) in [5, 5.41) is 14.8. The Morgan fingerprint density at radius 2 is 1.91 bits per heavy atom. The average Bonchev–Trinajstić information content (AvgIpc) is 3.73. The molecule has 2 aromatic carbocycles.